The SMILES string of the molecule is COc1c(N2CCNC(=O)C2)c(F)cc2c(=O)c(C(=O)O)cn(C3(I)CC3)c12.O. The van der Waals surface area contributed by atoms with Gasteiger partial charge in [0.25, 0.3) is 0 Å². The number of nitrogens with zero attached hydrogens (tertiary/aromatic N) is 2. The number of carboxylic acid groups (broad SMARTS) is 1. The van der Waals surface area contributed by atoms with E-state index in [1.165, 1.54) is 13.3 Å². The van der Waals surface area contributed by atoms with E-state index >= 15 is 4.39 Å². The first-order valence-electron chi connectivity index (χ1n) is 8.67. The molecular formula is C18H19FIN3O6. The van der Waals surface area contributed by atoms with E-state index < -0.39 is 26.3 Å². The molecule has 1 aromatic carbocycles. The van der Waals surface area contributed by atoms with Crippen molar-refractivity contribution in [3.05, 3.63) is 33.9 Å². The molecule has 4 rings (SSSR count). The molecule has 1 saturated heterocycles. The van der Waals surface area contributed by atoms with Crippen molar-refractivity contribution in [3.63, 3.8) is 0 Å². The Morgan fingerprint density at radius 1 is 1.38 bits per heavy atom. The van der Waals surface area contributed by atoms with Crippen LogP contribution in [-0.2, 0) is 8.34 Å². The molecule has 156 valence electrons. The summed E-state index contributed by atoms with van der Waals surface area (Å²) in [6.45, 7) is 0.712. The molecule has 2 fully saturated rings. The Morgan fingerprint density at radius 2 is 2.07 bits per heavy atom. The van der Waals surface area contributed by atoms with E-state index in [4.69, 9.17) is 4.74 Å². The van der Waals surface area contributed by atoms with Gasteiger partial charge in [-0.15, -0.1) is 0 Å². The van der Waals surface area contributed by atoms with Gasteiger partial charge in [-0.1, -0.05) is 22.6 Å². The smallest absolute Gasteiger partial charge is 0.341 e. The molecule has 1 amide bonds. The second kappa shape index (κ2) is 7.44. The monoisotopic (exact) mass is 519 g/mol. The predicted molar refractivity (Wildman–Crippen MR) is 112 cm³/mol. The summed E-state index contributed by atoms with van der Waals surface area (Å²) < 4.78 is 21.9. The minimum Gasteiger partial charge on any atom is -0.492 e. The number of fused-ring (bicyclic) bond motifs is 1. The molecule has 4 N–H and O–H groups in total. The molecule has 0 spiro atoms. The highest BCUT2D eigenvalue weighted by Crippen LogP contribution is 2.53. The number of hydrogen-bond donors (Lipinski definition) is 2. The number of anilines is 1. The minimum atomic E-state index is -1.36. The Hall–Kier alpha value is -2.41. The number of rotatable bonds is 4. The van der Waals surface area contributed by atoms with Crippen molar-refractivity contribution in [3.8, 4) is 5.75 Å². The van der Waals surface area contributed by atoms with Gasteiger partial charge < -0.3 is 30.1 Å². The van der Waals surface area contributed by atoms with Crippen LogP contribution in [0.4, 0.5) is 10.1 Å². The van der Waals surface area contributed by atoms with Crippen LogP contribution in [-0.4, -0.2) is 53.8 Å². The van der Waals surface area contributed by atoms with E-state index in [-0.39, 0.29) is 34.8 Å². The lowest BCUT2D eigenvalue weighted by Crippen LogP contribution is -2.48. The number of aromatic nitrogens is 1. The molecule has 1 aromatic heterocycles. The Kier molecular flexibility index (Phi) is 5.47. The zero-order valence-electron chi connectivity index (χ0n) is 15.4. The molecule has 29 heavy (non-hydrogen) atoms. The molecule has 1 saturated carbocycles. The van der Waals surface area contributed by atoms with Gasteiger partial charge in [-0.2, -0.15) is 0 Å². The highest BCUT2D eigenvalue weighted by molar-refractivity contribution is 14.1. The number of carbonyl (C=O) groups excluding carboxylic acids is 1. The molecule has 11 heteroatoms. The number of piperazine rings is 1. The van der Waals surface area contributed by atoms with Gasteiger partial charge in [0.05, 0.1) is 28.1 Å². The zero-order chi connectivity index (χ0) is 20.2. The summed E-state index contributed by atoms with van der Waals surface area (Å²) in [5, 5.41) is 12.1. The molecule has 2 aromatic rings. The van der Waals surface area contributed by atoms with E-state index in [9.17, 15) is 19.5 Å². The third-order valence-corrected chi connectivity index (χ3v) is 6.65. The maximum Gasteiger partial charge on any atom is 0.341 e. The van der Waals surface area contributed by atoms with Gasteiger partial charge in [0.15, 0.2) is 11.6 Å². The van der Waals surface area contributed by atoms with E-state index in [1.807, 2.05) is 0 Å². The molecule has 1 aliphatic carbocycles. The number of nitrogens with one attached hydrogen (secondary N) is 1. The Morgan fingerprint density at radius 3 is 2.62 bits per heavy atom. The van der Waals surface area contributed by atoms with E-state index in [1.54, 1.807) is 9.47 Å². The summed E-state index contributed by atoms with van der Waals surface area (Å²) >= 11 is 2.21. The number of halogens is 2. The molecular weight excluding hydrogens is 500 g/mol. The van der Waals surface area contributed by atoms with Crippen LogP contribution in [0.3, 0.4) is 0 Å². The molecule has 0 radical (unpaired) electrons. The number of benzene rings is 1. The highest BCUT2D eigenvalue weighted by atomic mass is 127. The first-order chi connectivity index (χ1) is 13.3. The van der Waals surface area contributed by atoms with Gasteiger partial charge in [0, 0.05) is 19.3 Å². The predicted octanol–water partition coefficient (Wildman–Crippen LogP) is 0.840. The number of methoxy groups -OCH3 is 1. The normalized spacial score (nSPS) is 17.5. The Bertz CT molecular complexity index is 1080. The number of carboxylic acids is 1. The first kappa shape index (κ1) is 21.3. The van der Waals surface area contributed by atoms with Crippen LogP contribution in [0.2, 0.25) is 0 Å². The molecule has 0 atom stereocenters. The van der Waals surface area contributed by atoms with Crippen LogP contribution in [0.1, 0.15) is 23.2 Å². The lowest BCUT2D eigenvalue weighted by molar-refractivity contribution is -0.120. The van der Waals surface area contributed by atoms with Crippen molar-refractivity contribution in [2.24, 2.45) is 0 Å². The number of pyridine rings is 1. The van der Waals surface area contributed by atoms with Gasteiger partial charge in [0.2, 0.25) is 11.3 Å². The van der Waals surface area contributed by atoms with Gasteiger partial charge in [0.1, 0.15) is 11.3 Å². The highest BCUT2D eigenvalue weighted by Gasteiger charge is 2.44. The van der Waals surface area contributed by atoms with Crippen molar-refractivity contribution in [1.29, 1.82) is 0 Å². The number of carbonyl (C=O) groups is 2. The van der Waals surface area contributed by atoms with Crippen LogP contribution in [0.15, 0.2) is 17.1 Å². The second-order valence-electron chi connectivity index (χ2n) is 6.87. The summed E-state index contributed by atoms with van der Waals surface area (Å²) in [7, 11) is 1.37. The van der Waals surface area contributed by atoms with Crippen molar-refractivity contribution in [2.45, 2.75) is 16.4 Å². The summed E-state index contributed by atoms with van der Waals surface area (Å²) in [5.41, 5.74) is -0.741. The fourth-order valence-corrected chi connectivity index (χ4v) is 4.20. The molecule has 0 bridgehead atoms. The summed E-state index contributed by atoms with van der Waals surface area (Å²) in [6.07, 6.45) is 2.87. The third kappa shape index (κ3) is 3.41. The second-order valence-corrected chi connectivity index (χ2v) is 8.88. The van der Waals surface area contributed by atoms with E-state index in [0.717, 1.165) is 18.9 Å². The minimum absolute atomic E-state index is 0. The lowest BCUT2D eigenvalue weighted by Gasteiger charge is -2.31. The number of ether oxygens (including phenoxy) is 1. The summed E-state index contributed by atoms with van der Waals surface area (Å²) in [6, 6.07) is 1.05. The molecule has 0 unspecified atom stereocenters. The van der Waals surface area contributed by atoms with Crippen molar-refractivity contribution in [1.82, 2.24) is 9.88 Å². The average Bonchev–Trinajstić information content (AvgIpc) is 3.39. The summed E-state index contributed by atoms with van der Waals surface area (Å²) in [4.78, 5) is 37.7. The zero-order valence-corrected chi connectivity index (χ0v) is 17.6. The quantitative estimate of drug-likeness (QED) is 0.455. The number of amides is 1. The fourth-order valence-electron chi connectivity index (χ4n) is 3.55. The molecule has 2 heterocycles. The van der Waals surface area contributed by atoms with Crippen LogP contribution < -0.4 is 20.4 Å². The van der Waals surface area contributed by atoms with Crippen molar-refractivity contribution >= 4 is 51.1 Å². The van der Waals surface area contributed by atoms with Crippen molar-refractivity contribution < 1.29 is 29.3 Å². The lowest BCUT2D eigenvalue weighted by atomic mass is 10.1. The van der Waals surface area contributed by atoms with Crippen LogP contribution in [0, 0.1) is 5.82 Å². The van der Waals surface area contributed by atoms with Gasteiger partial charge in [-0.3, -0.25) is 9.59 Å². The average molecular weight is 519 g/mol. The van der Waals surface area contributed by atoms with E-state index in [0.29, 0.717) is 18.6 Å². The van der Waals surface area contributed by atoms with Crippen LogP contribution in [0.25, 0.3) is 10.9 Å². The fraction of sp³-hybridized carbons (Fsp3) is 0.389. The van der Waals surface area contributed by atoms with Gasteiger partial charge in [-0.25, -0.2) is 9.18 Å². The van der Waals surface area contributed by atoms with E-state index in [2.05, 4.69) is 27.9 Å². The molecule has 2 aliphatic rings. The number of hydrogen-bond acceptors (Lipinski definition) is 5. The first-order valence-corrected chi connectivity index (χ1v) is 9.75. The van der Waals surface area contributed by atoms with Gasteiger partial charge in [-0.05, 0) is 18.9 Å². The summed E-state index contributed by atoms with van der Waals surface area (Å²) in [5.74, 6) is -2.21. The maximum absolute atomic E-state index is 15.1. The Balaban J connectivity index is 0.00000240. The topological polar surface area (TPSA) is 132 Å². The largest absolute Gasteiger partial charge is 0.492 e. The standard InChI is InChI=1S/C18H17FIN3O5.H2O/c1-28-16-13-9(6-11(19)14(16)22-5-4-21-12(24)8-22)15(25)10(17(26)27)7-23(13)18(20)2-3-18;/h6-7H,2-5,8H2,1H3,(H,21,24)(H,26,27);1H2. The molecule has 9 nitrogen and oxygen atoms in total. The van der Waals surface area contributed by atoms with Crippen LogP contribution >= 0.6 is 22.6 Å². The third-order valence-electron chi connectivity index (χ3n) is 5.05. The van der Waals surface area contributed by atoms with Gasteiger partial charge >= 0.3 is 5.97 Å². The number of aromatic carboxylic acids is 1. The Labute approximate surface area is 177 Å². The maximum atomic E-state index is 15.1. The molecule has 1 aliphatic heterocycles. The number of alkyl halides is 1. The van der Waals surface area contributed by atoms with Crippen molar-refractivity contribution in [2.75, 3.05) is 31.6 Å². The van der Waals surface area contributed by atoms with Crippen LogP contribution in [0.5, 0.6) is 5.75 Å².